The van der Waals surface area contributed by atoms with Gasteiger partial charge >= 0.3 is 12.1 Å². The van der Waals surface area contributed by atoms with Crippen molar-refractivity contribution in [1.82, 2.24) is 15.0 Å². The van der Waals surface area contributed by atoms with Crippen molar-refractivity contribution in [1.29, 1.82) is 0 Å². The number of amides is 1. The van der Waals surface area contributed by atoms with Crippen LogP contribution in [0.15, 0.2) is 23.1 Å². The van der Waals surface area contributed by atoms with Crippen LogP contribution < -0.4 is 0 Å². The van der Waals surface area contributed by atoms with E-state index in [9.17, 15) is 18.0 Å². The van der Waals surface area contributed by atoms with Crippen LogP contribution in [-0.2, 0) is 29.1 Å². The number of alkyl halides is 3. The van der Waals surface area contributed by atoms with Gasteiger partial charge in [0.15, 0.2) is 0 Å². The zero-order chi connectivity index (χ0) is 22.6. The van der Waals surface area contributed by atoms with Gasteiger partial charge in [0.25, 0.3) is 5.91 Å². The summed E-state index contributed by atoms with van der Waals surface area (Å²) >= 11 is 0. The van der Waals surface area contributed by atoms with Gasteiger partial charge in [-0.15, -0.1) is 0 Å². The third-order valence-corrected chi connectivity index (χ3v) is 5.05. The zero-order valence-electron chi connectivity index (χ0n) is 16.8. The lowest BCUT2D eigenvalue weighted by molar-refractivity contribution is -0.192. The first-order chi connectivity index (χ1) is 14.7. The normalized spacial score (nSPS) is 15.7. The van der Waals surface area contributed by atoms with Crippen LogP contribution in [0.3, 0.4) is 0 Å². The van der Waals surface area contributed by atoms with Gasteiger partial charge in [-0.2, -0.15) is 13.2 Å². The van der Waals surface area contributed by atoms with Crippen molar-refractivity contribution in [3.05, 3.63) is 46.6 Å². The van der Waals surface area contributed by atoms with Crippen LogP contribution in [0.2, 0.25) is 0 Å². The van der Waals surface area contributed by atoms with Crippen LogP contribution >= 0.6 is 0 Å². The van der Waals surface area contributed by atoms with Gasteiger partial charge in [0, 0.05) is 32.1 Å². The molecule has 8 nitrogen and oxygen atoms in total. The average Bonchev–Trinajstić information content (AvgIpc) is 3.45. The summed E-state index contributed by atoms with van der Waals surface area (Å²) < 4.78 is 42.6. The van der Waals surface area contributed by atoms with Gasteiger partial charge in [-0.25, -0.2) is 4.79 Å². The molecule has 11 heteroatoms. The largest absolute Gasteiger partial charge is 0.490 e. The van der Waals surface area contributed by atoms with Crippen LogP contribution in [-0.4, -0.2) is 51.4 Å². The van der Waals surface area contributed by atoms with Gasteiger partial charge < -0.3 is 19.3 Å². The second kappa shape index (κ2) is 9.46. The van der Waals surface area contributed by atoms with Gasteiger partial charge in [0.2, 0.25) is 0 Å². The monoisotopic (exact) mass is 441 g/mol. The fourth-order valence-electron chi connectivity index (χ4n) is 3.16. The number of halogens is 3. The molecule has 0 bridgehead atoms. The number of carboxylic acids is 1. The number of aromatic nitrogens is 2. The molecule has 3 heterocycles. The van der Waals surface area contributed by atoms with Gasteiger partial charge in [-0.3, -0.25) is 9.78 Å². The molecule has 31 heavy (non-hydrogen) atoms. The highest BCUT2D eigenvalue weighted by atomic mass is 19.4. The second-order valence-corrected chi connectivity index (χ2v) is 7.47. The molecule has 1 aliphatic heterocycles. The smallest absolute Gasteiger partial charge is 0.475 e. The van der Waals surface area contributed by atoms with E-state index >= 15 is 0 Å². The molecule has 2 aliphatic rings. The third-order valence-electron chi connectivity index (χ3n) is 5.05. The van der Waals surface area contributed by atoms with Crippen molar-refractivity contribution in [2.45, 2.75) is 45.5 Å². The minimum Gasteiger partial charge on any atom is -0.475 e. The molecule has 2 aromatic rings. The lowest BCUT2D eigenvalue weighted by Gasteiger charge is -2.29. The number of hydrogen-bond acceptors (Lipinski definition) is 6. The summed E-state index contributed by atoms with van der Waals surface area (Å²) in [6, 6.07) is 0. The Hall–Kier alpha value is -2.95. The predicted octanol–water partition coefficient (Wildman–Crippen LogP) is 3.14. The molecule has 0 spiro atoms. The zero-order valence-corrected chi connectivity index (χ0v) is 16.8. The molecule has 1 fully saturated rings. The lowest BCUT2D eigenvalue weighted by Crippen LogP contribution is -2.36. The standard InChI is InChI=1S/C18H21N3O3.C2HF3O2/c1-12-17(8-20-24-12)18(22)21-5-4-16-14(9-21)6-19-7-15(16)11-23-10-13-2-3-13;3-2(4,5)1(6)7/h6-8,13H,2-5,9-11H2,1H3;(H,6,7). The van der Waals surface area contributed by atoms with E-state index in [4.69, 9.17) is 19.2 Å². The number of aliphatic carboxylic acids is 1. The Bertz CT molecular complexity index is 940. The molecule has 2 aromatic heterocycles. The number of rotatable bonds is 5. The highest BCUT2D eigenvalue weighted by Gasteiger charge is 2.38. The molecule has 168 valence electrons. The van der Waals surface area contributed by atoms with Crippen LogP contribution in [0.4, 0.5) is 13.2 Å². The first kappa shape index (κ1) is 22.7. The summed E-state index contributed by atoms with van der Waals surface area (Å²) in [6.07, 6.45) is 3.59. The number of carbonyl (C=O) groups excluding carboxylic acids is 1. The number of aryl methyl sites for hydroxylation is 1. The molecule has 0 atom stereocenters. The first-order valence-corrected chi connectivity index (χ1v) is 9.69. The molecule has 4 rings (SSSR count). The molecule has 1 saturated carbocycles. The summed E-state index contributed by atoms with van der Waals surface area (Å²) in [5, 5.41) is 10.8. The number of hydrogen-bond donors (Lipinski definition) is 1. The SMILES string of the molecule is Cc1oncc1C(=O)N1CCc2c(COCC3CC3)cncc2C1.O=C(O)C(F)(F)F. The summed E-state index contributed by atoms with van der Waals surface area (Å²) in [6.45, 7) is 4.49. The number of nitrogens with zero attached hydrogens (tertiary/aromatic N) is 3. The molecule has 1 aliphatic carbocycles. The molecule has 1 N–H and O–H groups in total. The van der Waals surface area contributed by atoms with Gasteiger partial charge in [0.1, 0.15) is 11.3 Å². The van der Waals surface area contributed by atoms with Gasteiger partial charge in [-0.1, -0.05) is 5.16 Å². The number of carbonyl (C=O) groups is 2. The Balaban J connectivity index is 0.000000339. The summed E-state index contributed by atoms with van der Waals surface area (Å²) in [5.74, 6) is -1.47. The number of fused-ring (bicyclic) bond motifs is 1. The average molecular weight is 441 g/mol. The minimum atomic E-state index is -5.08. The molecular formula is C20H22F3N3O5. The van der Waals surface area contributed by atoms with Crippen molar-refractivity contribution < 1.29 is 37.1 Å². The van der Waals surface area contributed by atoms with E-state index in [1.54, 1.807) is 6.92 Å². The Labute approximate surface area is 176 Å². The quantitative estimate of drug-likeness (QED) is 0.760. The molecule has 0 radical (unpaired) electrons. The Kier molecular flexibility index (Phi) is 6.94. The van der Waals surface area contributed by atoms with E-state index in [2.05, 4.69) is 10.1 Å². The van der Waals surface area contributed by atoms with Crippen molar-refractivity contribution in [3.8, 4) is 0 Å². The molecule has 0 saturated heterocycles. The Morgan fingerprint density at radius 1 is 1.29 bits per heavy atom. The maximum atomic E-state index is 12.6. The van der Waals surface area contributed by atoms with E-state index in [0.29, 0.717) is 31.0 Å². The maximum Gasteiger partial charge on any atom is 0.490 e. The van der Waals surface area contributed by atoms with Gasteiger partial charge in [0.05, 0.1) is 12.8 Å². The van der Waals surface area contributed by atoms with Crippen molar-refractivity contribution in [2.24, 2.45) is 5.92 Å². The number of carboxylic acid groups (broad SMARTS) is 1. The summed E-state index contributed by atoms with van der Waals surface area (Å²) in [7, 11) is 0. The number of ether oxygens (including phenoxy) is 1. The van der Waals surface area contributed by atoms with Crippen LogP contribution in [0.25, 0.3) is 0 Å². The van der Waals surface area contributed by atoms with E-state index in [0.717, 1.165) is 30.1 Å². The molecule has 1 amide bonds. The van der Waals surface area contributed by atoms with Crippen molar-refractivity contribution in [2.75, 3.05) is 13.2 Å². The number of pyridine rings is 1. The molecular weight excluding hydrogens is 419 g/mol. The van der Waals surface area contributed by atoms with Crippen molar-refractivity contribution >= 4 is 11.9 Å². The van der Waals surface area contributed by atoms with E-state index in [1.165, 1.54) is 24.6 Å². The highest BCUT2D eigenvalue weighted by molar-refractivity contribution is 5.94. The topological polar surface area (TPSA) is 106 Å². The lowest BCUT2D eigenvalue weighted by atomic mass is 9.97. The van der Waals surface area contributed by atoms with Crippen LogP contribution in [0.1, 0.15) is 45.7 Å². The minimum absolute atomic E-state index is 0.0326. The third kappa shape index (κ3) is 6.03. The highest BCUT2D eigenvalue weighted by Crippen LogP contribution is 2.30. The maximum absolute atomic E-state index is 12.6. The van der Waals surface area contributed by atoms with Crippen LogP contribution in [0.5, 0.6) is 0 Å². The second-order valence-electron chi connectivity index (χ2n) is 7.47. The van der Waals surface area contributed by atoms with E-state index in [1.807, 2.05) is 17.3 Å². The fraction of sp³-hybridized carbons (Fsp3) is 0.500. The summed E-state index contributed by atoms with van der Waals surface area (Å²) in [4.78, 5) is 27.7. The summed E-state index contributed by atoms with van der Waals surface area (Å²) in [5.41, 5.74) is 4.08. The van der Waals surface area contributed by atoms with E-state index in [-0.39, 0.29) is 5.91 Å². The predicted molar refractivity (Wildman–Crippen MR) is 100.0 cm³/mol. The Morgan fingerprint density at radius 2 is 2.00 bits per heavy atom. The first-order valence-electron chi connectivity index (χ1n) is 9.69. The fourth-order valence-corrected chi connectivity index (χ4v) is 3.16. The van der Waals surface area contributed by atoms with Crippen molar-refractivity contribution in [3.63, 3.8) is 0 Å². The van der Waals surface area contributed by atoms with E-state index < -0.39 is 12.1 Å². The molecule has 0 aromatic carbocycles. The Morgan fingerprint density at radius 3 is 2.58 bits per heavy atom. The molecule has 0 unspecified atom stereocenters. The van der Waals surface area contributed by atoms with Gasteiger partial charge in [-0.05, 0) is 48.8 Å². The van der Waals surface area contributed by atoms with Crippen LogP contribution in [0, 0.1) is 12.8 Å².